The molecule has 2 fully saturated rings. The molecule has 3 rings (SSSR count). The molecule has 1 saturated heterocycles. The average Bonchev–Trinajstić information content (AvgIpc) is 3.29. The van der Waals surface area contributed by atoms with Crippen molar-refractivity contribution in [3.8, 4) is 11.8 Å². The molecular formula is C27H38O3. The van der Waals surface area contributed by atoms with Crippen LogP contribution < -0.4 is 0 Å². The molecule has 2 aliphatic rings. The summed E-state index contributed by atoms with van der Waals surface area (Å²) in [5.74, 6) is 7.13. The van der Waals surface area contributed by atoms with Gasteiger partial charge in [0.2, 0.25) is 0 Å². The summed E-state index contributed by atoms with van der Waals surface area (Å²) in [4.78, 5) is 0. The molecule has 30 heavy (non-hydrogen) atoms. The quantitative estimate of drug-likeness (QED) is 0.239. The van der Waals surface area contributed by atoms with Gasteiger partial charge in [-0.1, -0.05) is 67.7 Å². The highest BCUT2D eigenvalue weighted by atomic mass is 16.7. The van der Waals surface area contributed by atoms with E-state index in [-0.39, 0.29) is 11.7 Å². The van der Waals surface area contributed by atoms with E-state index in [2.05, 4.69) is 42.7 Å². The zero-order valence-corrected chi connectivity index (χ0v) is 18.5. The van der Waals surface area contributed by atoms with Gasteiger partial charge in [-0.05, 0) is 44.1 Å². The minimum Gasteiger partial charge on any atom is -0.377 e. The Morgan fingerprint density at radius 3 is 2.60 bits per heavy atom. The summed E-state index contributed by atoms with van der Waals surface area (Å²) in [6.45, 7) is 7.37. The summed E-state index contributed by atoms with van der Waals surface area (Å²) in [5.41, 5.74) is 2.75. The largest absolute Gasteiger partial charge is 0.377 e. The monoisotopic (exact) mass is 410 g/mol. The van der Waals surface area contributed by atoms with Gasteiger partial charge in [-0.3, -0.25) is 0 Å². The summed E-state index contributed by atoms with van der Waals surface area (Å²) in [5, 5.41) is 0. The molecule has 1 saturated carbocycles. The number of hydrogen-bond donors (Lipinski definition) is 0. The second-order valence-electron chi connectivity index (χ2n) is 8.77. The molecule has 164 valence electrons. The van der Waals surface area contributed by atoms with Gasteiger partial charge in [-0.15, -0.1) is 5.92 Å². The van der Waals surface area contributed by atoms with Crippen LogP contribution in [0.2, 0.25) is 0 Å². The van der Waals surface area contributed by atoms with Gasteiger partial charge in [-0.2, -0.15) is 0 Å². The lowest BCUT2D eigenvalue weighted by molar-refractivity contribution is -0.0454. The number of ether oxygens (including phenoxy) is 3. The van der Waals surface area contributed by atoms with Gasteiger partial charge < -0.3 is 14.2 Å². The number of hydrogen-bond acceptors (Lipinski definition) is 3. The Bertz CT molecular complexity index is 673. The lowest BCUT2D eigenvalue weighted by atomic mass is 9.70. The van der Waals surface area contributed by atoms with Crippen LogP contribution in [0.25, 0.3) is 0 Å². The van der Waals surface area contributed by atoms with Crippen molar-refractivity contribution in [3.63, 3.8) is 0 Å². The molecule has 3 nitrogen and oxygen atoms in total. The highest BCUT2D eigenvalue weighted by Crippen LogP contribution is 2.41. The standard InChI is InChI=1S/C27H38O3/c1-24(12-7-11-19-28-23-25-13-4-2-5-14-25)22-27(16-8-3-9-17-27)18-10-6-15-26-29-20-21-30-26/h2,4-5,13-14,26H,1,3,6-9,11-12,15-17,19-23H2. The molecule has 0 amide bonds. The molecule has 1 aliphatic carbocycles. The molecule has 0 aromatic heterocycles. The first kappa shape index (κ1) is 23.1. The Labute approximate surface area is 183 Å². The average molecular weight is 411 g/mol. The summed E-state index contributed by atoms with van der Waals surface area (Å²) in [7, 11) is 0. The third-order valence-electron chi connectivity index (χ3n) is 6.13. The van der Waals surface area contributed by atoms with Crippen LogP contribution in [0.4, 0.5) is 0 Å². The summed E-state index contributed by atoms with van der Waals surface area (Å²) < 4.78 is 16.8. The predicted octanol–water partition coefficient (Wildman–Crippen LogP) is 6.43. The number of rotatable bonds is 11. The van der Waals surface area contributed by atoms with Crippen molar-refractivity contribution in [1.82, 2.24) is 0 Å². The molecule has 0 atom stereocenters. The minimum absolute atomic E-state index is 0.0410. The Hall–Kier alpha value is -1.60. The van der Waals surface area contributed by atoms with Crippen LogP contribution in [0.3, 0.4) is 0 Å². The van der Waals surface area contributed by atoms with Crippen molar-refractivity contribution in [2.45, 2.75) is 83.5 Å². The van der Waals surface area contributed by atoms with E-state index in [1.807, 2.05) is 6.07 Å². The van der Waals surface area contributed by atoms with E-state index in [0.29, 0.717) is 6.61 Å². The van der Waals surface area contributed by atoms with Crippen LogP contribution in [-0.4, -0.2) is 26.1 Å². The van der Waals surface area contributed by atoms with Crippen LogP contribution in [0.5, 0.6) is 0 Å². The van der Waals surface area contributed by atoms with Gasteiger partial charge in [0, 0.05) is 24.9 Å². The van der Waals surface area contributed by atoms with E-state index in [9.17, 15) is 0 Å². The van der Waals surface area contributed by atoms with Gasteiger partial charge in [0.25, 0.3) is 0 Å². The van der Waals surface area contributed by atoms with Crippen molar-refractivity contribution in [1.29, 1.82) is 0 Å². The van der Waals surface area contributed by atoms with Gasteiger partial charge in [0.15, 0.2) is 6.29 Å². The van der Waals surface area contributed by atoms with Crippen LogP contribution >= 0.6 is 0 Å². The summed E-state index contributed by atoms with van der Waals surface area (Å²) >= 11 is 0. The second-order valence-corrected chi connectivity index (χ2v) is 8.77. The molecule has 0 spiro atoms. The predicted molar refractivity (Wildman–Crippen MR) is 122 cm³/mol. The van der Waals surface area contributed by atoms with E-state index in [4.69, 9.17) is 14.2 Å². The fourth-order valence-electron chi connectivity index (χ4n) is 4.50. The van der Waals surface area contributed by atoms with E-state index >= 15 is 0 Å². The maximum absolute atomic E-state index is 5.81. The molecule has 0 bridgehead atoms. The molecule has 1 aliphatic heterocycles. The van der Waals surface area contributed by atoms with Crippen molar-refractivity contribution < 1.29 is 14.2 Å². The maximum Gasteiger partial charge on any atom is 0.158 e. The number of benzene rings is 1. The maximum atomic E-state index is 5.81. The van der Waals surface area contributed by atoms with E-state index in [1.165, 1.54) is 43.2 Å². The van der Waals surface area contributed by atoms with Crippen molar-refractivity contribution in [2.75, 3.05) is 19.8 Å². The Balaban J connectivity index is 1.34. The number of allylic oxidation sites excluding steroid dienone is 1. The Morgan fingerprint density at radius 2 is 1.83 bits per heavy atom. The van der Waals surface area contributed by atoms with E-state index in [0.717, 1.165) is 58.3 Å². The topological polar surface area (TPSA) is 27.7 Å². The Morgan fingerprint density at radius 1 is 1.07 bits per heavy atom. The fraction of sp³-hybridized carbons (Fsp3) is 0.630. The molecular weight excluding hydrogens is 372 g/mol. The van der Waals surface area contributed by atoms with Gasteiger partial charge in [0.1, 0.15) is 0 Å². The normalized spacial score (nSPS) is 18.7. The second kappa shape index (κ2) is 13.0. The van der Waals surface area contributed by atoms with Crippen molar-refractivity contribution >= 4 is 0 Å². The highest BCUT2D eigenvalue weighted by Gasteiger charge is 2.30. The molecule has 0 N–H and O–H groups in total. The van der Waals surface area contributed by atoms with Gasteiger partial charge in [-0.25, -0.2) is 0 Å². The first-order chi connectivity index (χ1) is 14.8. The number of unbranched alkanes of at least 4 members (excludes halogenated alkanes) is 1. The van der Waals surface area contributed by atoms with Gasteiger partial charge >= 0.3 is 0 Å². The van der Waals surface area contributed by atoms with Crippen molar-refractivity contribution in [2.24, 2.45) is 5.41 Å². The smallest absolute Gasteiger partial charge is 0.158 e. The third kappa shape index (κ3) is 8.26. The lowest BCUT2D eigenvalue weighted by Crippen LogP contribution is -2.23. The SMILES string of the molecule is C=C(CCCCOCc1ccccc1)CC1(C#CCCC2OCCO2)CCCCC1. The van der Waals surface area contributed by atoms with Crippen LogP contribution in [0.1, 0.15) is 76.2 Å². The first-order valence-electron chi connectivity index (χ1n) is 11.8. The van der Waals surface area contributed by atoms with Crippen LogP contribution in [0.15, 0.2) is 42.5 Å². The Kier molecular flexibility index (Phi) is 9.96. The third-order valence-corrected chi connectivity index (χ3v) is 6.13. The first-order valence-corrected chi connectivity index (χ1v) is 11.8. The fourth-order valence-corrected chi connectivity index (χ4v) is 4.50. The van der Waals surface area contributed by atoms with E-state index in [1.54, 1.807) is 0 Å². The zero-order valence-electron chi connectivity index (χ0n) is 18.5. The molecule has 3 heteroatoms. The molecule has 1 aromatic rings. The molecule has 0 unspecified atom stereocenters. The minimum atomic E-state index is -0.0410. The lowest BCUT2D eigenvalue weighted by Gasteiger charge is -2.33. The zero-order chi connectivity index (χ0) is 20.9. The van der Waals surface area contributed by atoms with Crippen molar-refractivity contribution in [3.05, 3.63) is 48.0 Å². The highest BCUT2D eigenvalue weighted by molar-refractivity contribution is 5.18. The van der Waals surface area contributed by atoms with E-state index < -0.39 is 0 Å². The summed E-state index contributed by atoms with van der Waals surface area (Å²) in [6, 6.07) is 10.4. The molecule has 0 radical (unpaired) electrons. The van der Waals surface area contributed by atoms with Gasteiger partial charge in [0.05, 0.1) is 19.8 Å². The molecule has 1 aromatic carbocycles. The van der Waals surface area contributed by atoms with Crippen LogP contribution in [0, 0.1) is 17.3 Å². The summed E-state index contributed by atoms with van der Waals surface area (Å²) in [6.07, 6.45) is 12.5. The van der Waals surface area contributed by atoms with Crippen LogP contribution in [-0.2, 0) is 20.8 Å². The molecule has 1 heterocycles.